The number of alkyl halides is 7. The highest BCUT2D eigenvalue weighted by molar-refractivity contribution is 6.61. The van der Waals surface area contributed by atoms with E-state index >= 15 is 0 Å². The van der Waals surface area contributed by atoms with Crippen LogP contribution < -0.4 is 5.32 Å². The van der Waals surface area contributed by atoms with Gasteiger partial charge in [-0.05, 0) is 85.9 Å². The fraction of sp³-hybridized carbons (Fsp3) is 0.406. The van der Waals surface area contributed by atoms with Crippen molar-refractivity contribution in [3.8, 4) is 0 Å². The number of nitrogens with one attached hydrogen (secondary N) is 1. The van der Waals surface area contributed by atoms with Crippen LogP contribution in [-0.4, -0.2) is 54.4 Å². The molecule has 2 aliphatic rings. The third-order valence-corrected chi connectivity index (χ3v) is 8.97. The third-order valence-electron chi connectivity index (χ3n) is 7.92. The molecule has 5 rings (SSSR count). The van der Waals surface area contributed by atoms with Gasteiger partial charge in [0.2, 0.25) is 0 Å². The standard InChI is InChI=1S/C18H16Cl2F3N.C11H10Cl2F3N.C3H4Cl2O2/c19-15-8-14(9-16(20)10-15)17(18(21,22)23)6-7-24(12-17)11-13-4-2-1-3-5-13;12-8-3-7(4-9(13)5-8)10(11(14,15)16)1-2-17-6-10;1-2(4)7-3(5)6/h1-5,8-10H,6-7,11-12H2;3-5,17H,1-2,6H2;2H,1H3. The molecule has 2 fully saturated rings. The summed E-state index contributed by atoms with van der Waals surface area (Å²) in [5.74, 6) is 0. The van der Waals surface area contributed by atoms with Crippen molar-refractivity contribution < 1.29 is 35.9 Å². The normalized spacial score (nSPS) is 21.9. The van der Waals surface area contributed by atoms with Crippen molar-refractivity contribution >= 4 is 75.0 Å². The molecule has 16 heteroatoms. The Hall–Kier alpha value is -1.63. The third kappa shape index (κ3) is 10.7. The number of hydrogen-bond donors (Lipinski definition) is 1. The van der Waals surface area contributed by atoms with E-state index in [4.69, 9.17) is 69.6 Å². The molecule has 48 heavy (non-hydrogen) atoms. The molecule has 1 N–H and O–H groups in total. The number of nitrogens with zero attached hydrogens (tertiary/aromatic N) is 1. The molecule has 3 aromatic rings. The van der Waals surface area contributed by atoms with Crippen molar-refractivity contribution in [1.82, 2.24) is 10.2 Å². The minimum atomic E-state index is -4.37. The Bertz CT molecular complexity index is 1480. The van der Waals surface area contributed by atoms with Crippen LogP contribution in [0.25, 0.3) is 0 Å². The largest absolute Gasteiger partial charge is 0.434 e. The second-order valence-corrected chi connectivity index (χ2v) is 13.9. The van der Waals surface area contributed by atoms with Gasteiger partial charge in [-0.2, -0.15) is 26.3 Å². The highest BCUT2D eigenvalue weighted by Gasteiger charge is 2.59. The zero-order valence-corrected chi connectivity index (χ0v) is 29.7. The van der Waals surface area contributed by atoms with Crippen LogP contribution in [0.2, 0.25) is 20.1 Å². The van der Waals surface area contributed by atoms with Crippen LogP contribution in [0.3, 0.4) is 0 Å². The summed E-state index contributed by atoms with van der Waals surface area (Å²) in [6.07, 6.45) is -8.68. The fourth-order valence-electron chi connectivity index (χ4n) is 5.63. The summed E-state index contributed by atoms with van der Waals surface area (Å²) in [5.41, 5.74) is -4.04. The van der Waals surface area contributed by atoms with Gasteiger partial charge in [-0.3, -0.25) is 4.90 Å². The van der Waals surface area contributed by atoms with Crippen molar-refractivity contribution in [3.63, 3.8) is 0 Å². The molecular weight excluding hydrogens is 771 g/mol. The van der Waals surface area contributed by atoms with Gasteiger partial charge in [-0.1, -0.05) is 88.3 Å². The van der Waals surface area contributed by atoms with Gasteiger partial charge < -0.3 is 10.1 Å². The lowest BCUT2D eigenvalue weighted by Crippen LogP contribution is -2.44. The average molecular weight is 801 g/mol. The SMILES string of the molecule is CC(Cl)OC(=O)Cl.FC(F)(F)C1(c2cc(Cl)cc(Cl)c2)CCN(Cc2ccccc2)C1.FC(F)(F)C1(c2cc(Cl)cc(Cl)c2)CCNC1. The summed E-state index contributed by atoms with van der Waals surface area (Å²) >= 11 is 33.3. The van der Waals surface area contributed by atoms with Crippen molar-refractivity contribution in [1.29, 1.82) is 0 Å². The van der Waals surface area contributed by atoms with Gasteiger partial charge in [0.25, 0.3) is 0 Å². The predicted molar refractivity (Wildman–Crippen MR) is 180 cm³/mol. The van der Waals surface area contributed by atoms with Gasteiger partial charge in [-0.25, -0.2) is 4.79 Å². The van der Waals surface area contributed by atoms with E-state index in [-0.39, 0.29) is 57.1 Å². The van der Waals surface area contributed by atoms with Gasteiger partial charge in [-0.15, -0.1) is 0 Å². The molecule has 0 aromatic heterocycles. The molecule has 0 aliphatic carbocycles. The monoisotopic (exact) mass is 798 g/mol. The molecule has 264 valence electrons. The van der Waals surface area contributed by atoms with E-state index in [1.807, 2.05) is 35.2 Å². The highest BCUT2D eigenvalue weighted by Crippen LogP contribution is 2.49. The first kappa shape index (κ1) is 40.8. The Morgan fingerprint density at radius 1 is 0.833 bits per heavy atom. The number of likely N-dealkylation sites (tertiary alicyclic amines) is 1. The van der Waals surface area contributed by atoms with Crippen molar-refractivity contribution in [2.45, 2.75) is 55.1 Å². The topological polar surface area (TPSA) is 41.6 Å². The number of carbonyl (C=O) groups excluding carboxylic acids is 1. The summed E-state index contributed by atoms with van der Waals surface area (Å²) in [6, 6.07) is 17.8. The van der Waals surface area contributed by atoms with Gasteiger partial charge >= 0.3 is 17.8 Å². The molecule has 0 saturated carbocycles. The molecule has 3 unspecified atom stereocenters. The second kappa shape index (κ2) is 17.1. The molecule has 0 spiro atoms. The summed E-state index contributed by atoms with van der Waals surface area (Å²) in [7, 11) is 0. The quantitative estimate of drug-likeness (QED) is 0.159. The van der Waals surface area contributed by atoms with Crippen molar-refractivity contribution in [2.24, 2.45) is 0 Å². The molecule has 3 aromatic carbocycles. The Kier molecular flexibility index (Phi) is 14.5. The Balaban J connectivity index is 0.000000226. The number of carbonyl (C=O) groups is 1. The van der Waals surface area contributed by atoms with E-state index in [0.717, 1.165) is 5.56 Å². The van der Waals surface area contributed by atoms with Gasteiger partial charge in [0.1, 0.15) is 10.8 Å². The van der Waals surface area contributed by atoms with E-state index in [1.54, 1.807) is 0 Å². The van der Waals surface area contributed by atoms with E-state index in [9.17, 15) is 31.1 Å². The van der Waals surface area contributed by atoms with Crippen LogP contribution >= 0.6 is 69.6 Å². The summed E-state index contributed by atoms with van der Waals surface area (Å²) in [4.78, 5) is 11.5. The molecule has 4 nitrogen and oxygen atoms in total. The first-order chi connectivity index (χ1) is 22.3. The molecule has 3 atom stereocenters. The van der Waals surface area contributed by atoms with E-state index in [2.05, 4.69) is 10.1 Å². The maximum atomic E-state index is 14.0. The van der Waals surface area contributed by atoms with E-state index in [0.29, 0.717) is 19.6 Å². The maximum absolute atomic E-state index is 14.0. The van der Waals surface area contributed by atoms with Crippen LogP contribution in [0.4, 0.5) is 31.1 Å². The second-order valence-electron chi connectivity index (χ2n) is 11.2. The average Bonchev–Trinajstić information content (AvgIpc) is 3.62. The molecular formula is C32H30Cl6F6N2O2. The lowest BCUT2D eigenvalue weighted by atomic mass is 9.79. The first-order valence-electron chi connectivity index (χ1n) is 14.3. The Labute approximate surface area is 304 Å². The molecule has 0 radical (unpaired) electrons. The molecule has 0 bridgehead atoms. The zero-order valence-electron chi connectivity index (χ0n) is 25.2. The number of ether oxygens (including phenoxy) is 1. The lowest BCUT2D eigenvalue weighted by molar-refractivity contribution is -0.187. The van der Waals surface area contributed by atoms with Crippen LogP contribution in [0.5, 0.6) is 0 Å². The highest BCUT2D eigenvalue weighted by atomic mass is 35.5. The maximum Gasteiger partial charge on any atom is 0.405 e. The minimum absolute atomic E-state index is 0.00000465. The summed E-state index contributed by atoms with van der Waals surface area (Å²) in [6.45, 7) is 2.48. The molecule has 2 saturated heterocycles. The fourth-order valence-corrected chi connectivity index (χ4v) is 6.94. The number of hydrogen-bond acceptors (Lipinski definition) is 4. The summed E-state index contributed by atoms with van der Waals surface area (Å²) < 4.78 is 85.8. The molecule has 2 aliphatic heterocycles. The van der Waals surface area contributed by atoms with Gasteiger partial charge in [0.15, 0.2) is 5.56 Å². The van der Waals surface area contributed by atoms with E-state index in [1.165, 1.54) is 43.3 Å². The van der Waals surface area contributed by atoms with Gasteiger partial charge in [0.05, 0.1) is 0 Å². The summed E-state index contributed by atoms with van der Waals surface area (Å²) in [5, 5.41) is 3.65. The minimum Gasteiger partial charge on any atom is -0.434 e. The smallest absolute Gasteiger partial charge is 0.405 e. The first-order valence-corrected chi connectivity index (χ1v) is 16.6. The van der Waals surface area contributed by atoms with Crippen LogP contribution in [0.15, 0.2) is 66.7 Å². The van der Waals surface area contributed by atoms with Crippen LogP contribution in [0, 0.1) is 0 Å². The van der Waals surface area contributed by atoms with Crippen LogP contribution in [-0.2, 0) is 22.1 Å². The number of halogens is 12. The van der Waals surface area contributed by atoms with Crippen molar-refractivity contribution in [3.05, 3.63) is 104 Å². The van der Waals surface area contributed by atoms with E-state index < -0.39 is 34.2 Å². The lowest BCUT2D eigenvalue weighted by Gasteiger charge is -2.33. The number of rotatable bonds is 5. The molecule has 2 heterocycles. The van der Waals surface area contributed by atoms with Gasteiger partial charge in [0, 0.05) is 51.3 Å². The molecule has 0 amide bonds. The number of benzene rings is 3. The van der Waals surface area contributed by atoms with Crippen molar-refractivity contribution in [2.75, 3.05) is 26.2 Å². The predicted octanol–water partition coefficient (Wildman–Crippen LogP) is 11.4. The Morgan fingerprint density at radius 3 is 1.69 bits per heavy atom. The Morgan fingerprint density at radius 2 is 1.31 bits per heavy atom. The van der Waals surface area contributed by atoms with Crippen LogP contribution in [0.1, 0.15) is 36.5 Å². The zero-order chi connectivity index (χ0) is 35.9.